The number of nitrogens with one attached hydrogen (secondary N) is 1. The fraction of sp³-hybridized carbons (Fsp3) is 0.278. The van der Waals surface area contributed by atoms with E-state index in [0.717, 1.165) is 17.7 Å². The Balaban J connectivity index is 1.53. The van der Waals surface area contributed by atoms with Crippen LogP contribution in [0.5, 0.6) is 11.5 Å². The summed E-state index contributed by atoms with van der Waals surface area (Å²) in [5.41, 5.74) is -0.252. The van der Waals surface area contributed by atoms with E-state index in [1.54, 1.807) is 12.1 Å². The molecule has 0 atom stereocenters. The van der Waals surface area contributed by atoms with Crippen LogP contribution in [0.3, 0.4) is 0 Å². The number of carbonyl (C=O) groups is 1. The van der Waals surface area contributed by atoms with Gasteiger partial charge in [0.25, 0.3) is 0 Å². The van der Waals surface area contributed by atoms with E-state index in [9.17, 15) is 18.0 Å². The van der Waals surface area contributed by atoms with Gasteiger partial charge in [-0.05, 0) is 54.8 Å². The highest BCUT2D eigenvalue weighted by atomic mass is 19.4. The smallest absolute Gasteiger partial charge is 0.416 e. The Kier molecular flexibility index (Phi) is 3.42. The van der Waals surface area contributed by atoms with E-state index in [4.69, 9.17) is 9.47 Å². The third-order valence-corrected chi connectivity index (χ3v) is 4.58. The van der Waals surface area contributed by atoms with Crippen molar-refractivity contribution in [3.8, 4) is 11.5 Å². The summed E-state index contributed by atoms with van der Waals surface area (Å²) in [5.74, 6) is 1.01. The molecule has 2 aromatic rings. The Hall–Kier alpha value is -2.70. The molecule has 4 rings (SSSR count). The molecule has 0 bridgehead atoms. The van der Waals surface area contributed by atoms with Crippen LogP contribution in [0.4, 0.5) is 18.9 Å². The monoisotopic (exact) mass is 349 g/mol. The number of anilines is 1. The molecule has 0 radical (unpaired) electrons. The zero-order chi connectivity index (χ0) is 17.7. The highest BCUT2D eigenvalue weighted by Gasteiger charge is 2.51. The van der Waals surface area contributed by atoms with Gasteiger partial charge in [0.1, 0.15) is 0 Å². The van der Waals surface area contributed by atoms with Gasteiger partial charge < -0.3 is 14.8 Å². The van der Waals surface area contributed by atoms with E-state index < -0.39 is 17.2 Å². The molecule has 0 aromatic heterocycles. The van der Waals surface area contributed by atoms with Crippen molar-refractivity contribution in [2.24, 2.45) is 0 Å². The summed E-state index contributed by atoms with van der Waals surface area (Å²) in [6.07, 6.45) is -3.04. The number of rotatable bonds is 3. The number of carbonyl (C=O) groups excluding carboxylic acids is 1. The lowest BCUT2D eigenvalue weighted by Crippen LogP contribution is -2.27. The highest BCUT2D eigenvalue weighted by molar-refractivity contribution is 6.01. The van der Waals surface area contributed by atoms with Crippen LogP contribution >= 0.6 is 0 Å². The van der Waals surface area contributed by atoms with Crippen LogP contribution in [0.25, 0.3) is 0 Å². The SMILES string of the molecule is O=C(Nc1ccc(C(F)(F)F)cc1)C1(c2ccc3c(c2)OCO3)CC1. The van der Waals surface area contributed by atoms with Gasteiger partial charge in [0.2, 0.25) is 12.7 Å². The van der Waals surface area contributed by atoms with Crippen LogP contribution in [0.2, 0.25) is 0 Å². The average Bonchev–Trinajstić information content (AvgIpc) is 3.26. The number of ether oxygens (including phenoxy) is 2. The summed E-state index contributed by atoms with van der Waals surface area (Å²) >= 11 is 0. The lowest BCUT2D eigenvalue weighted by molar-refractivity contribution is -0.137. The number of hydrogen-bond acceptors (Lipinski definition) is 3. The predicted octanol–water partition coefficient (Wildman–Crippen LogP) is 4.10. The van der Waals surface area contributed by atoms with Gasteiger partial charge in [-0.15, -0.1) is 0 Å². The van der Waals surface area contributed by atoms with Crippen molar-refractivity contribution >= 4 is 11.6 Å². The Bertz CT molecular complexity index is 826. The van der Waals surface area contributed by atoms with Gasteiger partial charge in [0.05, 0.1) is 11.0 Å². The second-order valence-electron chi connectivity index (χ2n) is 6.18. The molecule has 2 aromatic carbocycles. The topological polar surface area (TPSA) is 47.6 Å². The van der Waals surface area contributed by atoms with Crippen LogP contribution < -0.4 is 14.8 Å². The maximum absolute atomic E-state index is 12.7. The molecule has 25 heavy (non-hydrogen) atoms. The van der Waals surface area contributed by atoms with E-state index in [0.29, 0.717) is 30.0 Å². The Morgan fingerprint density at radius 2 is 1.68 bits per heavy atom. The number of hydrogen-bond donors (Lipinski definition) is 1. The molecule has 130 valence electrons. The Morgan fingerprint density at radius 3 is 2.32 bits per heavy atom. The van der Waals surface area contributed by atoms with Gasteiger partial charge in [-0.3, -0.25) is 4.79 Å². The zero-order valence-corrected chi connectivity index (χ0v) is 13.0. The summed E-state index contributed by atoms with van der Waals surface area (Å²) in [4.78, 5) is 12.7. The second-order valence-corrected chi connectivity index (χ2v) is 6.18. The van der Waals surface area contributed by atoms with Gasteiger partial charge in [-0.25, -0.2) is 0 Å². The largest absolute Gasteiger partial charge is 0.454 e. The van der Waals surface area contributed by atoms with E-state index in [1.165, 1.54) is 12.1 Å². The molecule has 2 aliphatic rings. The van der Waals surface area contributed by atoms with Gasteiger partial charge >= 0.3 is 6.18 Å². The fourth-order valence-corrected chi connectivity index (χ4v) is 2.96. The van der Waals surface area contributed by atoms with Crippen molar-refractivity contribution in [3.05, 3.63) is 53.6 Å². The molecule has 1 N–H and O–H groups in total. The summed E-state index contributed by atoms with van der Waals surface area (Å²) in [6, 6.07) is 9.82. The lowest BCUT2D eigenvalue weighted by Gasteiger charge is -2.16. The highest BCUT2D eigenvalue weighted by Crippen LogP contribution is 2.51. The maximum atomic E-state index is 12.7. The Morgan fingerprint density at radius 1 is 1.00 bits per heavy atom. The predicted molar refractivity (Wildman–Crippen MR) is 83.6 cm³/mol. The molecule has 1 aliphatic carbocycles. The van der Waals surface area contributed by atoms with Gasteiger partial charge in [-0.2, -0.15) is 13.2 Å². The molecule has 1 amide bonds. The molecule has 1 aliphatic heterocycles. The van der Waals surface area contributed by atoms with Gasteiger partial charge in [0, 0.05) is 5.69 Å². The quantitative estimate of drug-likeness (QED) is 0.907. The Labute approximate surface area is 141 Å². The average molecular weight is 349 g/mol. The number of alkyl halides is 3. The third kappa shape index (κ3) is 2.79. The van der Waals surface area contributed by atoms with Crippen molar-refractivity contribution in [1.82, 2.24) is 0 Å². The van der Waals surface area contributed by atoms with Gasteiger partial charge in [-0.1, -0.05) is 6.07 Å². The number of benzene rings is 2. The van der Waals surface area contributed by atoms with Crippen LogP contribution in [0.15, 0.2) is 42.5 Å². The van der Waals surface area contributed by atoms with Crippen LogP contribution in [-0.4, -0.2) is 12.7 Å². The van der Waals surface area contributed by atoms with Crippen molar-refractivity contribution in [3.63, 3.8) is 0 Å². The molecule has 0 spiro atoms. The zero-order valence-electron chi connectivity index (χ0n) is 13.0. The number of fused-ring (bicyclic) bond motifs is 1. The minimum absolute atomic E-state index is 0.156. The summed E-state index contributed by atoms with van der Waals surface area (Å²) in [6.45, 7) is 0.156. The molecule has 1 heterocycles. The first-order valence-electron chi connectivity index (χ1n) is 7.77. The first-order valence-corrected chi connectivity index (χ1v) is 7.77. The molecule has 0 saturated heterocycles. The fourth-order valence-electron chi connectivity index (χ4n) is 2.96. The lowest BCUT2D eigenvalue weighted by atomic mass is 9.94. The first kappa shape index (κ1) is 15.8. The van der Waals surface area contributed by atoms with Crippen molar-refractivity contribution in [1.29, 1.82) is 0 Å². The van der Waals surface area contributed by atoms with Crippen molar-refractivity contribution in [2.75, 3.05) is 12.1 Å². The first-order chi connectivity index (χ1) is 11.9. The maximum Gasteiger partial charge on any atom is 0.416 e. The minimum Gasteiger partial charge on any atom is -0.454 e. The molecule has 4 nitrogen and oxygen atoms in total. The standard InChI is InChI=1S/C18H14F3NO3/c19-18(20,21)11-1-4-13(5-2-11)22-16(23)17(7-8-17)12-3-6-14-15(9-12)25-10-24-14/h1-6,9H,7-8,10H2,(H,22,23). The normalized spacial score (nSPS) is 17.2. The van der Waals surface area contributed by atoms with E-state index >= 15 is 0 Å². The minimum atomic E-state index is -4.40. The summed E-state index contributed by atoms with van der Waals surface area (Å²) < 4.78 is 48.4. The van der Waals surface area contributed by atoms with Crippen molar-refractivity contribution in [2.45, 2.75) is 24.4 Å². The van der Waals surface area contributed by atoms with E-state index in [1.807, 2.05) is 6.07 Å². The third-order valence-electron chi connectivity index (χ3n) is 4.58. The second kappa shape index (κ2) is 5.40. The van der Waals surface area contributed by atoms with Crippen molar-refractivity contribution < 1.29 is 27.4 Å². The molecular weight excluding hydrogens is 335 g/mol. The van der Waals surface area contributed by atoms with E-state index in [2.05, 4.69) is 5.32 Å². The molecule has 7 heteroatoms. The number of halogens is 3. The van der Waals surface area contributed by atoms with Gasteiger partial charge in [0.15, 0.2) is 11.5 Å². The molecular formula is C18H14F3NO3. The summed E-state index contributed by atoms with van der Waals surface area (Å²) in [7, 11) is 0. The summed E-state index contributed by atoms with van der Waals surface area (Å²) in [5, 5.41) is 2.71. The number of amides is 1. The molecule has 1 fully saturated rings. The molecule has 1 saturated carbocycles. The van der Waals surface area contributed by atoms with E-state index in [-0.39, 0.29) is 12.7 Å². The molecule has 0 unspecified atom stereocenters. The van der Waals surface area contributed by atoms with Crippen LogP contribution in [0.1, 0.15) is 24.0 Å². The van der Waals surface area contributed by atoms with Crippen LogP contribution in [0, 0.1) is 0 Å². The van der Waals surface area contributed by atoms with Crippen LogP contribution in [-0.2, 0) is 16.4 Å².